The molecule has 0 saturated heterocycles. The summed E-state index contributed by atoms with van der Waals surface area (Å²) in [7, 11) is 1.60. The van der Waals surface area contributed by atoms with Crippen molar-refractivity contribution in [2.45, 2.75) is 19.9 Å². The number of rotatable bonds is 3. The molecule has 0 aliphatic carbocycles. The van der Waals surface area contributed by atoms with Crippen molar-refractivity contribution in [3.8, 4) is 5.75 Å². The van der Waals surface area contributed by atoms with Crippen LogP contribution in [-0.4, -0.2) is 7.11 Å². The Labute approximate surface area is 119 Å². The fourth-order valence-corrected chi connectivity index (χ4v) is 2.42. The molecule has 1 unspecified atom stereocenters. The Kier molecular flexibility index (Phi) is 4.13. The van der Waals surface area contributed by atoms with Crippen LogP contribution >= 0.6 is 11.6 Å². The molecule has 100 valence electrons. The van der Waals surface area contributed by atoms with Gasteiger partial charge in [0.25, 0.3) is 0 Å². The lowest BCUT2D eigenvalue weighted by atomic mass is 9.94. The molecule has 0 aromatic heterocycles. The van der Waals surface area contributed by atoms with Gasteiger partial charge >= 0.3 is 0 Å². The Morgan fingerprint density at radius 1 is 1.11 bits per heavy atom. The maximum atomic E-state index is 6.35. The average Bonchev–Trinajstić information content (AvgIpc) is 2.40. The standard InChI is InChI=1S/C16H18ClNO/c1-10-4-5-11(2)13(8-10)16(18)12-6-7-15(19-3)14(17)9-12/h4-9,16H,18H2,1-3H3. The number of methoxy groups -OCH3 is 1. The zero-order chi connectivity index (χ0) is 14.0. The molecule has 0 amide bonds. The van der Waals surface area contributed by atoms with Gasteiger partial charge in [-0.15, -0.1) is 0 Å². The summed E-state index contributed by atoms with van der Waals surface area (Å²) in [5, 5.41) is 0.584. The van der Waals surface area contributed by atoms with E-state index in [1.807, 2.05) is 18.2 Å². The average molecular weight is 276 g/mol. The fraction of sp³-hybridized carbons (Fsp3) is 0.250. The van der Waals surface area contributed by atoms with Crippen LogP contribution in [0, 0.1) is 13.8 Å². The molecule has 0 fully saturated rings. The zero-order valence-electron chi connectivity index (χ0n) is 11.4. The lowest BCUT2D eigenvalue weighted by Crippen LogP contribution is -2.13. The van der Waals surface area contributed by atoms with Crippen molar-refractivity contribution in [2.24, 2.45) is 5.73 Å². The molecule has 0 aliphatic rings. The Balaban J connectivity index is 2.41. The van der Waals surface area contributed by atoms with Crippen molar-refractivity contribution in [2.75, 3.05) is 7.11 Å². The van der Waals surface area contributed by atoms with Gasteiger partial charge in [0.2, 0.25) is 0 Å². The normalized spacial score (nSPS) is 12.3. The fourth-order valence-electron chi connectivity index (χ4n) is 2.15. The highest BCUT2D eigenvalue weighted by atomic mass is 35.5. The smallest absolute Gasteiger partial charge is 0.137 e. The van der Waals surface area contributed by atoms with Crippen LogP contribution in [0.5, 0.6) is 5.75 Å². The van der Waals surface area contributed by atoms with Crippen LogP contribution in [0.2, 0.25) is 5.02 Å². The Morgan fingerprint density at radius 3 is 2.47 bits per heavy atom. The summed E-state index contributed by atoms with van der Waals surface area (Å²) in [4.78, 5) is 0. The van der Waals surface area contributed by atoms with Crippen LogP contribution in [0.15, 0.2) is 36.4 Å². The molecule has 0 saturated carbocycles. The second-order valence-corrected chi connectivity index (χ2v) is 5.14. The van der Waals surface area contributed by atoms with Gasteiger partial charge in [-0.25, -0.2) is 0 Å². The molecule has 0 aliphatic heterocycles. The van der Waals surface area contributed by atoms with Gasteiger partial charge in [-0.2, -0.15) is 0 Å². The van der Waals surface area contributed by atoms with Crippen molar-refractivity contribution in [1.82, 2.24) is 0 Å². The molecule has 1 atom stereocenters. The highest BCUT2D eigenvalue weighted by Crippen LogP contribution is 2.30. The van der Waals surface area contributed by atoms with E-state index in [2.05, 4.69) is 32.0 Å². The molecule has 0 heterocycles. The highest BCUT2D eigenvalue weighted by molar-refractivity contribution is 6.32. The molecule has 2 rings (SSSR count). The predicted octanol–water partition coefficient (Wildman–Crippen LogP) is 4.01. The van der Waals surface area contributed by atoms with Gasteiger partial charge in [0, 0.05) is 0 Å². The summed E-state index contributed by atoms with van der Waals surface area (Å²) >= 11 is 6.15. The minimum atomic E-state index is -0.177. The minimum absolute atomic E-state index is 0.177. The molecule has 2 aromatic rings. The van der Waals surface area contributed by atoms with E-state index >= 15 is 0 Å². The monoisotopic (exact) mass is 275 g/mol. The van der Waals surface area contributed by atoms with Crippen molar-refractivity contribution in [3.05, 3.63) is 63.7 Å². The summed E-state index contributed by atoms with van der Waals surface area (Å²) < 4.78 is 5.16. The topological polar surface area (TPSA) is 35.2 Å². The van der Waals surface area contributed by atoms with Crippen molar-refractivity contribution < 1.29 is 4.74 Å². The van der Waals surface area contributed by atoms with E-state index in [0.29, 0.717) is 10.8 Å². The molecule has 0 spiro atoms. The summed E-state index contributed by atoms with van der Waals surface area (Å²) in [5.41, 5.74) is 10.8. The molecule has 19 heavy (non-hydrogen) atoms. The van der Waals surface area contributed by atoms with Gasteiger partial charge in [0.15, 0.2) is 0 Å². The van der Waals surface area contributed by atoms with E-state index in [0.717, 1.165) is 11.1 Å². The SMILES string of the molecule is COc1ccc(C(N)c2cc(C)ccc2C)cc1Cl. The maximum absolute atomic E-state index is 6.35. The number of benzene rings is 2. The summed E-state index contributed by atoms with van der Waals surface area (Å²) in [6.45, 7) is 4.14. The molecule has 2 N–H and O–H groups in total. The van der Waals surface area contributed by atoms with Crippen LogP contribution < -0.4 is 10.5 Å². The summed E-state index contributed by atoms with van der Waals surface area (Å²) in [5.74, 6) is 0.665. The van der Waals surface area contributed by atoms with E-state index in [9.17, 15) is 0 Å². The van der Waals surface area contributed by atoms with Crippen molar-refractivity contribution in [1.29, 1.82) is 0 Å². The first-order valence-corrected chi connectivity index (χ1v) is 6.57. The number of nitrogens with two attached hydrogens (primary N) is 1. The summed E-state index contributed by atoms with van der Waals surface area (Å²) in [6.07, 6.45) is 0. The van der Waals surface area contributed by atoms with Gasteiger partial charge in [-0.1, -0.05) is 41.4 Å². The quantitative estimate of drug-likeness (QED) is 0.918. The first-order chi connectivity index (χ1) is 9.02. The lowest BCUT2D eigenvalue weighted by molar-refractivity contribution is 0.415. The summed E-state index contributed by atoms with van der Waals surface area (Å²) in [6, 6.07) is 11.8. The predicted molar refractivity (Wildman–Crippen MR) is 80.0 cm³/mol. The van der Waals surface area contributed by atoms with Crippen LogP contribution in [0.25, 0.3) is 0 Å². The van der Waals surface area contributed by atoms with E-state index in [4.69, 9.17) is 22.1 Å². The molecular formula is C16H18ClNO. The molecule has 3 heteroatoms. The van der Waals surface area contributed by atoms with Crippen LogP contribution in [-0.2, 0) is 0 Å². The Morgan fingerprint density at radius 2 is 1.84 bits per heavy atom. The molecule has 2 nitrogen and oxygen atoms in total. The van der Waals surface area contributed by atoms with E-state index < -0.39 is 0 Å². The van der Waals surface area contributed by atoms with E-state index in [-0.39, 0.29) is 6.04 Å². The number of hydrogen-bond acceptors (Lipinski definition) is 2. The van der Waals surface area contributed by atoms with Crippen LogP contribution in [0.3, 0.4) is 0 Å². The van der Waals surface area contributed by atoms with Gasteiger partial charge < -0.3 is 10.5 Å². The number of hydrogen-bond donors (Lipinski definition) is 1. The first-order valence-electron chi connectivity index (χ1n) is 6.19. The second-order valence-electron chi connectivity index (χ2n) is 4.73. The maximum Gasteiger partial charge on any atom is 0.137 e. The van der Waals surface area contributed by atoms with Crippen molar-refractivity contribution in [3.63, 3.8) is 0 Å². The lowest BCUT2D eigenvalue weighted by Gasteiger charge is -2.17. The van der Waals surface area contributed by atoms with E-state index in [1.54, 1.807) is 7.11 Å². The molecule has 0 radical (unpaired) electrons. The molecule has 2 aromatic carbocycles. The largest absolute Gasteiger partial charge is 0.495 e. The second kappa shape index (κ2) is 5.64. The van der Waals surface area contributed by atoms with Gasteiger partial charge in [-0.05, 0) is 42.7 Å². The van der Waals surface area contributed by atoms with Gasteiger partial charge in [0.1, 0.15) is 5.75 Å². The minimum Gasteiger partial charge on any atom is -0.495 e. The Hall–Kier alpha value is -1.51. The van der Waals surface area contributed by atoms with Gasteiger partial charge in [-0.3, -0.25) is 0 Å². The number of ether oxygens (including phenoxy) is 1. The third-order valence-electron chi connectivity index (χ3n) is 3.30. The number of aryl methyl sites for hydroxylation is 2. The number of halogens is 1. The molecule has 0 bridgehead atoms. The van der Waals surface area contributed by atoms with Crippen LogP contribution in [0.4, 0.5) is 0 Å². The first kappa shape index (κ1) is 13.9. The molecular weight excluding hydrogens is 258 g/mol. The van der Waals surface area contributed by atoms with Crippen molar-refractivity contribution >= 4 is 11.6 Å². The third kappa shape index (κ3) is 2.91. The van der Waals surface area contributed by atoms with Gasteiger partial charge in [0.05, 0.1) is 18.2 Å². The third-order valence-corrected chi connectivity index (χ3v) is 3.60. The highest BCUT2D eigenvalue weighted by Gasteiger charge is 2.13. The van der Waals surface area contributed by atoms with Crippen LogP contribution in [0.1, 0.15) is 28.3 Å². The Bertz CT molecular complexity index is 595. The zero-order valence-corrected chi connectivity index (χ0v) is 12.2. The van der Waals surface area contributed by atoms with E-state index in [1.165, 1.54) is 11.1 Å².